The minimum absolute atomic E-state index is 0.311. The lowest BCUT2D eigenvalue weighted by molar-refractivity contribution is -0.304. The second kappa shape index (κ2) is 9.20. The molecule has 1 aliphatic carbocycles. The van der Waals surface area contributed by atoms with Crippen molar-refractivity contribution in [1.82, 2.24) is 0 Å². The van der Waals surface area contributed by atoms with Gasteiger partial charge in [0.1, 0.15) is 5.75 Å². The summed E-state index contributed by atoms with van der Waals surface area (Å²) in [5.74, 6) is 0.563. The highest BCUT2D eigenvalue weighted by Gasteiger charge is 2.59. The first kappa shape index (κ1) is 21.9. The molecule has 1 fully saturated rings. The predicted octanol–water partition coefficient (Wildman–Crippen LogP) is 7.41. The minimum atomic E-state index is -5.68. The fourth-order valence-electron chi connectivity index (χ4n) is 3.67. The Balaban J connectivity index is 1.89. The van der Waals surface area contributed by atoms with Gasteiger partial charge in [0, 0.05) is 0 Å². The summed E-state index contributed by atoms with van der Waals surface area (Å²) in [5.41, 5.74) is 0.949. The number of hydrogen-bond donors (Lipinski definition) is 0. The van der Waals surface area contributed by atoms with Crippen LogP contribution in [0.25, 0.3) is 0 Å². The maximum Gasteiger partial charge on any atom is 0.439 e. The number of benzene rings is 1. The van der Waals surface area contributed by atoms with E-state index in [2.05, 4.69) is 11.7 Å². The zero-order valence-electron chi connectivity index (χ0n) is 15.4. The molecule has 1 nitrogen and oxygen atoms in total. The molecule has 0 aliphatic heterocycles. The molecule has 2 rings (SSSR count). The van der Waals surface area contributed by atoms with E-state index in [1.165, 1.54) is 37.8 Å². The maximum absolute atomic E-state index is 13.3. The summed E-state index contributed by atoms with van der Waals surface area (Å²) in [6, 6.07) is 5.52. The number of hydrogen-bond acceptors (Lipinski definition) is 1. The summed E-state index contributed by atoms with van der Waals surface area (Å²) in [7, 11) is 0. The van der Waals surface area contributed by atoms with Crippen molar-refractivity contribution in [2.24, 2.45) is 5.92 Å². The Bertz CT molecular complexity index is 561. The van der Waals surface area contributed by atoms with E-state index in [1.807, 2.05) is 0 Å². The van der Waals surface area contributed by atoms with Gasteiger partial charge in [-0.2, -0.15) is 22.0 Å². The molecule has 0 aromatic heterocycles. The first-order valence-corrected chi connectivity index (χ1v) is 9.51. The average Bonchev–Trinajstić information content (AvgIpc) is 2.61. The summed E-state index contributed by atoms with van der Waals surface area (Å²) < 4.78 is 79.9. The molecule has 1 aliphatic rings. The Morgan fingerprint density at radius 1 is 0.963 bits per heavy atom. The Hall–Kier alpha value is -1.40. The molecule has 154 valence electrons. The van der Waals surface area contributed by atoms with Gasteiger partial charge in [0.05, 0.1) is 0 Å². The molecule has 1 aromatic carbocycles. The number of alkyl halides is 6. The summed E-state index contributed by atoms with van der Waals surface area (Å²) in [4.78, 5) is 0. The van der Waals surface area contributed by atoms with Crippen LogP contribution in [0.15, 0.2) is 24.3 Å². The first-order chi connectivity index (χ1) is 12.6. The van der Waals surface area contributed by atoms with Crippen LogP contribution in [0, 0.1) is 5.92 Å². The topological polar surface area (TPSA) is 9.23 Å². The smallest absolute Gasteiger partial charge is 0.430 e. The minimum Gasteiger partial charge on any atom is -0.430 e. The summed E-state index contributed by atoms with van der Waals surface area (Å²) in [5, 5.41) is 0. The Morgan fingerprint density at radius 2 is 1.56 bits per heavy atom. The lowest BCUT2D eigenvalue weighted by Crippen LogP contribution is -2.45. The molecule has 0 heterocycles. The molecular weight excluding hydrogens is 370 g/mol. The summed E-state index contributed by atoms with van der Waals surface area (Å²) in [6.07, 6.45) is -5.80. The van der Waals surface area contributed by atoms with Crippen LogP contribution in [0.1, 0.15) is 69.8 Å². The lowest BCUT2D eigenvalue weighted by atomic mass is 9.77. The number of unbranched alkanes of at least 4 members (excludes halogenated alkanes) is 2. The van der Waals surface area contributed by atoms with Crippen molar-refractivity contribution < 1.29 is 31.1 Å². The molecule has 1 saturated carbocycles. The number of rotatable bonds is 8. The third-order valence-corrected chi connectivity index (χ3v) is 5.25. The van der Waals surface area contributed by atoms with Gasteiger partial charge >= 0.3 is 12.3 Å². The van der Waals surface area contributed by atoms with Gasteiger partial charge in [-0.25, -0.2) is 4.39 Å². The number of halogens is 6. The van der Waals surface area contributed by atoms with Crippen molar-refractivity contribution in [3.8, 4) is 5.75 Å². The highest BCUT2D eigenvalue weighted by molar-refractivity contribution is 5.30. The van der Waals surface area contributed by atoms with Crippen LogP contribution in [0.3, 0.4) is 0 Å². The van der Waals surface area contributed by atoms with E-state index in [0.29, 0.717) is 5.92 Å². The summed E-state index contributed by atoms with van der Waals surface area (Å²) in [6.45, 7) is 2.18. The molecule has 1 aromatic rings. The normalized spacial score (nSPS) is 22.5. The molecule has 0 spiro atoms. The van der Waals surface area contributed by atoms with Crippen LogP contribution >= 0.6 is 0 Å². The molecule has 0 bridgehead atoms. The van der Waals surface area contributed by atoms with Crippen molar-refractivity contribution in [1.29, 1.82) is 0 Å². The first-order valence-electron chi connectivity index (χ1n) is 9.51. The third kappa shape index (κ3) is 6.32. The SMILES string of the molecule is CCCCCC1CCC(c2ccc(OC(F)(F)C(F)C(F)(F)F)cc2)CC1. The van der Waals surface area contributed by atoms with Crippen LogP contribution < -0.4 is 4.74 Å². The van der Waals surface area contributed by atoms with Crippen LogP contribution in [0.2, 0.25) is 0 Å². The van der Waals surface area contributed by atoms with E-state index in [-0.39, 0.29) is 0 Å². The van der Waals surface area contributed by atoms with Crippen LogP contribution in [-0.2, 0) is 0 Å². The summed E-state index contributed by atoms with van der Waals surface area (Å²) >= 11 is 0. The highest BCUT2D eigenvalue weighted by Crippen LogP contribution is 2.39. The molecule has 7 heteroatoms. The molecule has 1 atom stereocenters. The molecule has 1 unspecified atom stereocenters. The van der Waals surface area contributed by atoms with E-state index >= 15 is 0 Å². The second-order valence-corrected chi connectivity index (χ2v) is 7.35. The second-order valence-electron chi connectivity index (χ2n) is 7.35. The van der Waals surface area contributed by atoms with Gasteiger partial charge in [-0.05, 0) is 55.2 Å². The van der Waals surface area contributed by atoms with Gasteiger partial charge in [0.25, 0.3) is 6.17 Å². The van der Waals surface area contributed by atoms with Crippen molar-refractivity contribution in [3.05, 3.63) is 29.8 Å². The molecule has 0 amide bonds. The highest BCUT2D eigenvalue weighted by atomic mass is 19.4. The van der Waals surface area contributed by atoms with Crippen LogP contribution in [0.4, 0.5) is 26.3 Å². The van der Waals surface area contributed by atoms with Crippen molar-refractivity contribution in [2.75, 3.05) is 0 Å². The Labute approximate surface area is 156 Å². The molecular formula is C20H26F6O. The van der Waals surface area contributed by atoms with Gasteiger partial charge in [0.15, 0.2) is 0 Å². The third-order valence-electron chi connectivity index (χ3n) is 5.25. The fraction of sp³-hybridized carbons (Fsp3) is 0.700. The zero-order valence-corrected chi connectivity index (χ0v) is 15.4. The van der Waals surface area contributed by atoms with E-state index in [9.17, 15) is 26.3 Å². The van der Waals surface area contributed by atoms with Gasteiger partial charge in [0.2, 0.25) is 0 Å². The van der Waals surface area contributed by atoms with E-state index in [4.69, 9.17) is 0 Å². The molecule has 0 radical (unpaired) electrons. The molecule has 0 saturated heterocycles. The quantitative estimate of drug-likeness (QED) is 0.328. The largest absolute Gasteiger partial charge is 0.439 e. The van der Waals surface area contributed by atoms with Gasteiger partial charge < -0.3 is 4.74 Å². The predicted molar refractivity (Wildman–Crippen MR) is 91.8 cm³/mol. The van der Waals surface area contributed by atoms with Gasteiger partial charge in [-0.15, -0.1) is 0 Å². The van der Waals surface area contributed by atoms with Crippen molar-refractivity contribution in [3.63, 3.8) is 0 Å². The number of ether oxygens (including phenoxy) is 1. The zero-order chi connectivity index (χ0) is 20.1. The average molecular weight is 396 g/mol. The lowest BCUT2D eigenvalue weighted by Gasteiger charge is -2.29. The van der Waals surface area contributed by atoms with E-state index < -0.39 is 24.2 Å². The fourth-order valence-corrected chi connectivity index (χ4v) is 3.67. The standard InChI is InChI=1S/C20H26F6O/c1-2-3-4-5-14-6-8-15(9-7-14)16-10-12-17(13-11-16)27-20(25,26)18(21)19(22,23)24/h10-15,18H,2-9H2,1H3. The van der Waals surface area contributed by atoms with Crippen molar-refractivity contribution >= 4 is 0 Å². The van der Waals surface area contributed by atoms with Gasteiger partial charge in [-0.1, -0.05) is 44.7 Å². The van der Waals surface area contributed by atoms with Crippen molar-refractivity contribution in [2.45, 2.75) is 82.7 Å². The Morgan fingerprint density at radius 3 is 2.07 bits per heavy atom. The van der Waals surface area contributed by atoms with Crippen LogP contribution in [-0.4, -0.2) is 18.5 Å². The van der Waals surface area contributed by atoms with E-state index in [1.54, 1.807) is 12.1 Å². The van der Waals surface area contributed by atoms with Crippen LogP contribution in [0.5, 0.6) is 5.75 Å². The molecule has 27 heavy (non-hydrogen) atoms. The monoisotopic (exact) mass is 396 g/mol. The Kier molecular flexibility index (Phi) is 7.46. The van der Waals surface area contributed by atoms with E-state index in [0.717, 1.165) is 37.2 Å². The van der Waals surface area contributed by atoms with Gasteiger partial charge in [-0.3, -0.25) is 0 Å². The maximum atomic E-state index is 13.3. The molecule has 0 N–H and O–H groups in total.